The molecule has 0 fully saturated rings. The van der Waals surface area contributed by atoms with Gasteiger partial charge in [0.15, 0.2) is 11.0 Å². The van der Waals surface area contributed by atoms with Gasteiger partial charge in [0, 0.05) is 22.3 Å². The maximum atomic E-state index is 11.9. The van der Waals surface area contributed by atoms with Crippen molar-refractivity contribution in [1.82, 2.24) is 4.57 Å². The zero-order valence-corrected chi connectivity index (χ0v) is 29.6. The van der Waals surface area contributed by atoms with Crippen LogP contribution in [0.1, 0.15) is 61.8 Å². The van der Waals surface area contributed by atoms with Crippen molar-refractivity contribution in [1.29, 1.82) is 0 Å². The first-order valence-corrected chi connectivity index (χ1v) is 17.4. The Morgan fingerprint density at radius 1 is 0.551 bits per heavy atom. The molecule has 1 heterocycles. The highest BCUT2D eigenvalue weighted by molar-refractivity contribution is 5.88. The molecule has 0 spiro atoms. The molecule has 0 aliphatic carbocycles. The molecule has 0 saturated carbocycles. The number of para-hydroxylation sites is 4. The molecule has 1 aromatic heterocycles. The van der Waals surface area contributed by atoms with Crippen molar-refractivity contribution in [3.63, 3.8) is 0 Å². The Kier molecular flexibility index (Phi) is 8.46. The van der Waals surface area contributed by atoms with Gasteiger partial charge < -0.3 is 5.11 Å². The predicted octanol–water partition coefficient (Wildman–Crippen LogP) is 11.7. The minimum Gasteiger partial charge on any atom is -0.507 e. The van der Waals surface area contributed by atoms with Crippen LogP contribution in [0.3, 0.4) is 0 Å². The van der Waals surface area contributed by atoms with Crippen molar-refractivity contribution in [2.75, 3.05) is 0 Å². The first-order chi connectivity index (χ1) is 23.7. The van der Waals surface area contributed by atoms with Gasteiger partial charge in [-0.1, -0.05) is 143 Å². The Labute approximate surface area is 290 Å². The summed E-state index contributed by atoms with van der Waals surface area (Å²) in [6.45, 7) is 13.6. The van der Waals surface area contributed by atoms with Gasteiger partial charge in [0.1, 0.15) is 11.4 Å². The molecule has 1 N–H and O–H groups in total. The van der Waals surface area contributed by atoms with Gasteiger partial charge in [-0.3, -0.25) is 0 Å². The fraction of sp³-hybridized carbons (Fsp3) is 0.196. The van der Waals surface area contributed by atoms with E-state index in [9.17, 15) is 5.11 Å². The summed E-state index contributed by atoms with van der Waals surface area (Å²) < 4.78 is 4.85. The SMILES string of the molecule is Cc1ccc(-c2cccc(-c3ccc(-c4ccccc4)cc3)c2O)c(C)c1-c1n(-c2c(C(C)C)cccc2C(C)C)c2ccccc2[n+]1C. The molecule has 3 nitrogen and oxygen atoms in total. The standard InChI is InChI=1S/C46H44N2O/c1-29(2)36-17-13-18-37(30(3)4)44(36)48-42-22-12-11-21-41(42)47(7)46(48)43-31(5)23-28-38(32(43)6)40-20-14-19-39(45(40)49)35-26-24-34(25-27-35)33-15-9-8-10-16-33/h8-30H,1-7H3/p+1. The number of nitrogens with zero attached hydrogens (tertiary/aromatic N) is 2. The summed E-state index contributed by atoms with van der Waals surface area (Å²) in [5.74, 6) is 2.14. The molecular weight excluding hydrogens is 597 g/mol. The number of phenolic OH excluding ortho intramolecular Hbond substituents is 1. The zero-order valence-electron chi connectivity index (χ0n) is 29.6. The zero-order chi connectivity index (χ0) is 34.4. The van der Waals surface area contributed by atoms with Crippen molar-refractivity contribution in [2.24, 2.45) is 7.05 Å². The van der Waals surface area contributed by atoms with E-state index in [-0.39, 0.29) is 0 Å². The summed E-state index contributed by atoms with van der Waals surface area (Å²) in [4.78, 5) is 0. The van der Waals surface area contributed by atoms with Gasteiger partial charge in [0.2, 0.25) is 0 Å². The van der Waals surface area contributed by atoms with Crippen LogP contribution >= 0.6 is 0 Å². The van der Waals surface area contributed by atoms with Gasteiger partial charge >= 0.3 is 0 Å². The topological polar surface area (TPSA) is 29.0 Å². The van der Waals surface area contributed by atoms with Crippen LogP contribution in [0.2, 0.25) is 0 Å². The molecule has 0 saturated heterocycles. The Morgan fingerprint density at radius 2 is 1.12 bits per heavy atom. The van der Waals surface area contributed by atoms with Gasteiger partial charge in [0.25, 0.3) is 5.82 Å². The average molecular weight is 642 g/mol. The minimum absolute atomic E-state index is 0.296. The quantitative estimate of drug-likeness (QED) is 0.172. The number of aromatic hydroxyl groups is 1. The maximum Gasteiger partial charge on any atom is 0.295 e. The van der Waals surface area contributed by atoms with Crippen LogP contribution in [-0.2, 0) is 7.05 Å². The van der Waals surface area contributed by atoms with Crippen LogP contribution < -0.4 is 4.57 Å². The third-order valence-corrected chi connectivity index (χ3v) is 10.1. The molecule has 7 aromatic rings. The lowest BCUT2D eigenvalue weighted by Crippen LogP contribution is -2.31. The molecule has 0 aliphatic heterocycles. The molecule has 0 aliphatic rings. The monoisotopic (exact) mass is 641 g/mol. The van der Waals surface area contributed by atoms with E-state index in [1.54, 1.807) is 0 Å². The molecule has 49 heavy (non-hydrogen) atoms. The molecule has 0 bridgehead atoms. The van der Waals surface area contributed by atoms with Crippen molar-refractivity contribution in [3.8, 4) is 56.2 Å². The summed E-state index contributed by atoms with van der Waals surface area (Å²) in [7, 11) is 2.18. The van der Waals surface area contributed by atoms with E-state index >= 15 is 0 Å². The van der Waals surface area contributed by atoms with Crippen molar-refractivity contribution < 1.29 is 9.67 Å². The first kappa shape index (κ1) is 32.2. The van der Waals surface area contributed by atoms with Gasteiger partial charge in [-0.05, 0) is 71.2 Å². The highest BCUT2D eigenvalue weighted by Crippen LogP contribution is 2.44. The summed E-state index contributed by atoms with van der Waals surface area (Å²) >= 11 is 0. The van der Waals surface area contributed by atoms with E-state index in [1.165, 1.54) is 44.5 Å². The molecule has 0 unspecified atom stereocenters. The smallest absolute Gasteiger partial charge is 0.295 e. The number of hydrogen-bond acceptors (Lipinski definition) is 1. The van der Waals surface area contributed by atoms with Gasteiger partial charge in [-0.15, -0.1) is 0 Å². The summed E-state index contributed by atoms with van der Waals surface area (Å²) in [5.41, 5.74) is 15.8. The molecular formula is C46H45N2O+. The average Bonchev–Trinajstić information content (AvgIpc) is 3.40. The Morgan fingerprint density at radius 3 is 1.80 bits per heavy atom. The number of fused-ring (bicyclic) bond motifs is 1. The van der Waals surface area contributed by atoms with Crippen molar-refractivity contribution in [3.05, 3.63) is 150 Å². The van der Waals surface area contributed by atoms with E-state index < -0.39 is 0 Å². The summed E-state index contributed by atoms with van der Waals surface area (Å²) in [6, 6.07) is 44.8. The van der Waals surface area contributed by atoms with Crippen molar-refractivity contribution in [2.45, 2.75) is 53.4 Å². The lowest BCUT2D eigenvalue weighted by Gasteiger charge is -2.20. The lowest BCUT2D eigenvalue weighted by atomic mass is 9.89. The van der Waals surface area contributed by atoms with Gasteiger partial charge in [-0.2, -0.15) is 4.57 Å². The molecule has 7 rings (SSSR count). The predicted molar refractivity (Wildman–Crippen MR) is 206 cm³/mol. The van der Waals surface area contributed by atoms with Crippen molar-refractivity contribution >= 4 is 11.0 Å². The highest BCUT2D eigenvalue weighted by Gasteiger charge is 2.32. The lowest BCUT2D eigenvalue weighted by molar-refractivity contribution is -0.633. The van der Waals surface area contributed by atoms with E-state index in [1.807, 2.05) is 18.2 Å². The normalized spacial score (nSPS) is 11.6. The number of phenols is 1. The second kappa shape index (κ2) is 12.9. The van der Waals surface area contributed by atoms with Crippen LogP contribution in [0.5, 0.6) is 5.75 Å². The Bertz CT molecular complexity index is 2280. The van der Waals surface area contributed by atoms with E-state index in [0.29, 0.717) is 17.6 Å². The number of rotatable bonds is 7. The second-order valence-corrected chi connectivity index (χ2v) is 13.9. The summed E-state index contributed by atoms with van der Waals surface area (Å²) in [5, 5.41) is 11.9. The van der Waals surface area contributed by atoms with Crippen LogP contribution in [-0.4, -0.2) is 9.67 Å². The van der Waals surface area contributed by atoms with E-state index in [4.69, 9.17) is 0 Å². The molecule has 0 radical (unpaired) electrons. The number of imidazole rings is 1. The fourth-order valence-electron chi connectivity index (χ4n) is 7.54. The van der Waals surface area contributed by atoms with Gasteiger partial charge in [0.05, 0.1) is 12.6 Å². The van der Waals surface area contributed by atoms with Crippen LogP contribution in [0.15, 0.2) is 127 Å². The molecule has 6 aromatic carbocycles. The van der Waals surface area contributed by atoms with Crippen LogP contribution in [0.4, 0.5) is 0 Å². The van der Waals surface area contributed by atoms with Crippen LogP contribution in [0.25, 0.3) is 61.5 Å². The third kappa shape index (κ3) is 5.54. The minimum atomic E-state index is 0.296. The van der Waals surface area contributed by atoms with Gasteiger partial charge in [-0.25, -0.2) is 4.57 Å². The fourth-order valence-corrected chi connectivity index (χ4v) is 7.54. The van der Waals surface area contributed by atoms with E-state index in [0.717, 1.165) is 39.2 Å². The van der Waals surface area contributed by atoms with E-state index in [2.05, 4.69) is 167 Å². The maximum absolute atomic E-state index is 11.9. The number of benzene rings is 6. The number of aromatic nitrogens is 2. The highest BCUT2D eigenvalue weighted by atomic mass is 16.3. The largest absolute Gasteiger partial charge is 0.507 e. The van der Waals surface area contributed by atoms with Crippen LogP contribution in [0, 0.1) is 13.8 Å². The summed E-state index contributed by atoms with van der Waals surface area (Å²) in [6.07, 6.45) is 0. The number of aryl methyl sites for hydroxylation is 2. The molecule has 0 amide bonds. The Hall–Kier alpha value is -5.41. The second-order valence-electron chi connectivity index (χ2n) is 13.9. The Balaban J connectivity index is 1.44. The molecule has 244 valence electrons. The third-order valence-electron chi connectivity index (χ3n) is 10.1. The number of hydrogen-bond donors (Lipinski definition) is 1. The molecule has 0 atom stereocenters. The first-order valence-electron chi connectivity index (χ1n) is 17.4. The molecule has 3 heteroatoms.